The van der Waals surface area contributed by atoms with Gasteiger partial charge in [0.05, 0.1) is 0 Å². The number of carbonyl (C=O) groups is 1. The summed E-state index contributed by atoms with van der Waals surface area (Å²) in [6.07, 6.45) is 4.91. The molecule has 1 aliphatic carbocycles. The van der Waals surface area contributed by atoms with Gasteiger partial charge in [-0.3, -0.25) is 9.59 Å². The molecule has 0 saturated heterocycles. The average molecular weight is 299 g/mol. The zero-order valence-electron chi connectivity index (χ0n) is 9.41. The molecule has 92 valence electrons. The second-order valence-electron chi connectivity index (χ2n) is 4.43. The molecule has 0 bridgehead atoms. The van der Waals surface area contributed by atoms with Gasteiger partial charge in [0.15, 0.2) is 0 Å². The minimum atomic E-state index is -0.251. The highest BCUT2D eigenvalue weighted by molar-refractivity contribution is 9.09. The number of H-pyrrole nitrogens is 1. The third-order valence-electron chi connectivity index (χ3n) is 3.07. The van der Waals surface area contributed by atoms with Gasteiger partial charge in [-0.15, -0.1) is 0 Å². The van der Waals surface area contributed by atoms with Crippen molar-refractivity contribution < 1.29 is 4.79 Å². The molecule has 5 heteroatoms. The van der Waals surface area contributed by atoms with E-state index in [1.54, 1.807) is 6.07 Å². The number of halogens is 1. The first-order valence-electron chi connectivity index (χ1n) is 5.76. The lowest BCUT2D eigenvalue weighted by atomic mass is 10.1. The van der Waals surface area contributed by atoms with Crippen molar-refractivity contribution in [2.75, 3.05) is 6.54 Å². The van der Waals surface area contributed by atoms with E-state index < -0.39 is 0 Å². The Labute approximate surface area is 108 Å². The van der Waals surface area contributed by atoms with Crippen LogP contribution in [0.4, 0.5) is 0 Å². The van der Waals surface area contributed by atoms with Gasteiger partial charge in [-0.05, 0) is 31.2 Å². The van der Waals surface area contributed by atoms with E-state index in [0.29, 0.717) is 22.9 Å². The van der Waals surface area contributed by atoms with Crippen LogP contribution in [0.1, 0.15) is 29.6 Å². The Balaban J connectivity index is 1.87. The number of hydrogen-bond acceptors (Lipinski definition) is 2. The van der Waals surface area contributed by atoms with Crippen LogP contribution in [-0.4, -0.2) is 22.3 Å². The lowest BCUT2D eigenvalue weighted by molar-refractivity contribution is 0.0947. The van der Waals surface area contributed by atoms with Gasteiger partial charge >= 0.3 is 0 Å². The molecule has 2 atom stereocenters. The van der Waals surface area contributed by atoms with Crippen LogP contribution in [0.15, 0.2) is 23.1 Å². The number of carbonyl (C=O) groups excluding carboxylic acids is 1. The van der Waals surface area contributed by atoms with Crippen LogP contribution in [0, 0.1) is 5.92 Å². The highest BCUT2D eigenvalue weighted by Crippen LogP contribution is 2.29. The van der Waals surface area contributed by atoms with Crippen molar-refractivity contribution in [2.45, 2.75) is 24.1 Å². The van der Waals surface area contributed by atoms with E-state index in [1.165, 1.54) is 18.7 Å². The normalized spacial score (nSPS) is 23.6. The topological polar surface area (TPSA) is 62.0 Å². The zero-order valence-corrected chi connectivity index (χ0v) is 11.0. The van der Waals surface area contributed by atoms with Gasteiger partial charge in [0.2, 0.25) is 5.56 Å². The summed E-state index contributed by atoms with van der Waals surface area (Å²) in [6.45, 7) is 0.688. The van der Waals surface area contributed by atoms with Gasteiger partial charge in [0, 0.05) is 29.2 Å². The second-order valence-corrected chi connectivity index (χ2v) is 5.72. The van der Waals surface area contributed by atoms with Crippen molar-refractivity contribution in [3.63, 3.8) is 0 Å². The smallest absolute Gasteiger partial charge is 0.251 e. The molecule has 1 saturated carbocycles. The number of nitrogens with one attached hydrogen (secondary N) is 2. The van der Waals surface area contributed by atoms with E-state index in [4.69, 9.17) is 0 Å². The highest BCUT2D eigenvalue weighted by atomic mass is 79.9. The fourth-order valence-corrected chi connectivity index (χ4v) is 2.92. The fraction of sp³-hybridized carbons (Fsp3) is 0.500. The van der Waals surface area contributed by atoms with Crippen molar-refractivity contribution in [3.8, 4) is 0 Å². The zero-order chi connectivity index (χ0) is 12.3. The SMILES string of the molecule is O=C(NCC1CCC(Br)C1)c1cc[nH]c(=O)c1. The number of rotatable bonds is 3. The molecule has 1 heterocycles. The molecule has 0 aromatic carbocycles. The Bertz CT molecular complexity index is 458. The standard InChI is InChI=1S/C12H15BrN2O2/c13-10-2-1-8(5-10)7-15-12(17)9-3-4-14-11(16)6-9/h3-4,6,8,10H,1-2,5,7H2,(H,14,16)(H,15,17). The van der Waals surface area contributed by atoms with Crippen molar-refractivity contribution >= 4 is 21.8 Å². The monoisotopic (exact) mass is 298 g/mol. The molecule has 2 rings (SSSR count). The fourth-order valence-electron chi connectivity index (χ4n) is 2.12. The second kappa shape index (κ2) is 5.49. The molecule has 1 aromatic rings. The predicted molar refractivity (Wildman–Crippen MR) is 69.5 cm³/mol. The molecule has 1 amide bonds. The van der Waals surface area contributed by atoms with E-state index in [1.807, 2.05) is 0 Å². The minimum Gasteiger partial charge on any atom is -0.352 e. The Kier molecular flexibility index (Phi) is 3.99. The molecule has 2 N–H and O–H groups in total. The van der Waals surface area contributed by atoms with E-state index in [9.17, 15) is 9.59 Å². The number of hydrogen-bond donors (Lipinski definition) is 2. The lowest BCUT2D eigenvalue weighted by Gasteiger charge is -2.10. The number of alkyl halides is 1. The van der Waals surface area contributed by atoms with E-state index in [-0.39, 0.29) is 11.5 Å². The summed E-state index contributed by atoms with van der Waals surface area (Å²) in [5, 5.41) is 2.88. The van der Waals surface area contributed by atoms with Gasteiger partial charge in [0.25, 0.3) is 5.91 Å². The van der Waals surface area contributed by atoms with E-state index in [0.717, 1.165) is 12.8 Å². The molecule has 4 nitrogen and oxygen atoms in total. The number of pyridine rings is 1. The van der Waals surface area contributed by atoms with E-state index in [2.05, 4.69) is 26.2 Å². The van der Waals surface area contributed by atoms with Crippen molar-refractivity contribution in [2.24, 2.45) is 5.92 Å². The van der Waals surface area contributed by atoms with Crippen LogP contribution in [0.3, 0.4) is 0 Å². The summed E-state index contributed by atoms with van der Waals surface area (Å²) in [6, 6.07) is 2.93. The summed E-state index contributed by atoms with van der Waals surface area (Å²) >= 11 is 3.58. The first kappa shape index (κ1) is 12.4. The number of aromatic amines is 1. The maximum Gasteiger partial charge on any atom is 0.251 e. The number of aromatic nitrogens is 1. The molecule has 17 heavy (non-hydrogen) atoms. The van der Waals surface area contributed by atoms with Crippen molar-refractivity contribution in [1.29, 1.82) is 0 Å². The van der Waals surface area contributed by atoms with Crippen LogP contribution in [0.5, 0.6) is 0 Å². The highest BCUT2D eigenvalue weighted by Gasteiger charge is 2.22. The first-order valence-corrected chi connectivity index (χ1v) is 6.67. The Morgan fingerprint density at radius 3 is 3.00 bits per heavy atom. The maximum absolute atomic E-state index is 11.8. The molecule has 0 spiro atoms. The van der Waals surface area contributed by atoms with Crippen LogP contribution >= 0.6 is 15.9 Å². The Morgan fingerprint density at radius 1 is 1.53 bits per heavy atom. The van der Waals surface area contributed by atoms with Gasteiger partial charge in [0.1, 0.15) is 0 Å². The van der Waals surface area contributed by atoms with Crippen LogP contribution in [0.25, 0.3) is 0 Å². The molecule has 2 unspecified atom stereocenters. The van der Waals surface area contributed by atoms with Gasteiger partial charge < -0.3 is 10.3 Å². The third-order valence-corrected chi connectivity index (χ3v) is 3.90. The molecule has 1 aromatic heterocycles. The van der Waals surface area contributed by atoms with Crippen molar-refractivity contribution in [3.05, 3.63) is 34.2 Å². The van der Waals surface area contributed by atoms with Gasteiger partial charge in [-0.1, -0.05) is 15.9 Å². The molecule has 0 radical (unpaired) electrons. The molecular formula is C12H15BrN2O2. The molecule has 1 aliphatic rings. The maximum atomic E-state index is 11.8. The van der Waals surface area contributed by atoms with Crippen LogP contribution in [-0.2, 0) is 0 Å². The van der Waals surface area contributed by atoms with E-state index >= 15 is 0 Å². The molecule has 0 aliphatic heterocycles. The lowest BCUT2D eigenvalue weighted by Crippen LogP contribution is -2.29. The largest absolute Gasteiger partial charge is 0.352 e. The molecular weight excluding hydrogens is 284 g/mol. The predicted octanol–water partition coefficient (Wildman–Crippen LogP) is 1.67. The minimum absolute atomic E-state index is 0.172. The number of amides is 1. The Hall–Kier alpha value is -1.10. The summed E-state index contributed by atoms with van der Waals surface area (Å²) < 4.78 is 0. The summed E-state index contributed by atoms with van der Waals surface area (Å²) in [5.41, 5.74) is 0.168. The van der Waals surface area contributed by atoms with Gasteiger partial charge in [-0.25, -0.2) is 0 Å². The first-order chi connectivity index (χ1) is 8.15. The third kappa shape index (κ3) is 3.43. The van der Waals surface area contributed by atoms with Crippen molar-refractivity contribution in [1.82, 2.24) is 10.3 Å². The molecule has 1 fully saturated rings. The van der Waals surface area contributed by atoms with Gasteiger partial charge in [-0.2, -0.15) is 0 Å². The van der Waals surface area contributed by atoms with Crippen LogP contribution < -0.4 is 10.9 Å². The summed E-state index contributed by atoms with van der Waals surface area (Å²) in [5.74, 6) is 0.374. The Morgan fingerprint density at radius 2 is 2.35 bits per heavy atom. The quantitative estimate of drug-likeness (QED) is 0.834. The summed E-state index contributed by atoms with van der Waals surface area (Å²) in [7, 11) is 0. The van der Waals surface area contributed by atoms with Crippen LogP contribution in [0.2, 0.25) is 0 Å². The summed E-state index contributed by atoms with van der Waals surface area (Å²) in [4.78, 5) is 25.9. The average Bonchev–Trinajstić information content (AvgIpc) is 2.72.